The summed E-state index contributed by atoms with van der Waals surface area (Å²) in [5.74, 6) is 1.99. The van der Waals surface area contributed by atoms with Crippen molar-refractivity contribution in [2.75, 3.05) is 5.75 Å². The Hall–Kier alpha value is -0.700. The lowest BCUT2D eigenvalue weighted by molar-refractivity contribution is 0.424. The fourth-order valence-corrected chi connectivity index (χ4v) is 1.80. The van der Waals surface area contributed by atoms with Gasteiger partial charge in [0.2, 0.25) is 0 Å². The SMILES string of the molecule is C=CCc1cnc(SCCCC)o1. The van der Waals surface area contributed by atoms with Crippen LogP contribution >= 0.6 is 11.8 Å². The molecule has 0 unspecified atom stereocenters. The van der Waals surface area contributed by atoms with Crippen LogP contribution in [0.1, 0.15) is 25.5 Å². The van der Waals surface area contributed by atoms with Gasteiger partial charge in [-0.3, -0.25) is 0 Å². The predicted octanol–water partition coefficient (Wildman–Crippen LogP) is 3.30. The molecule has 3 heteroatoms. The van der Waals surface area contributed by atoms with Crippen LogP contribution in [-0.2, 0) is 6.42 Å². The third-order valence-corrected chi connectivity index (χ3v) is 2.53. The van der Waals surface area contributed by atoms with E-state index in [0.717, 1.165) is 23.2 Å². The zero-order valence-electron chi connectivity index (χ0n) is 7.95. The van der Waals surface area contributed by atoms with E-state index in [2.05, 4.69) is 18.5 Å². The van der Waals surface area contributed by atoms with Gasteiger partial charge in [-0.1, -0.05) is 31.2 Å². The Morgan fingerprint density at radius 1 is 1.69 bits per heavy atom. The smallest absolute Gasteiger partial charge is 0.255 e. The summed E-state index contributed by atoms with van der Waals surface area (Å²) in [6, 6.07) is 0. The number of unbranched alkanes of at least 4 members (excludes halogenated alkanes) is 1. The Morgan fingerprint density at radius 2 is 2.54 bits per heavy atom. The van der Waals surface area contributed by atoms with Gasteiger partial charge in [-0.25, -0.2) is 4.98 Å². The fourth-order valence-electron chi connectivity index (χ4n) is 0.897. The van der Waals surface area contributed by atoms with Crippen LogP contribution in [0.3, 0.4) is 0 Å². The first-order valence-corrected chi connectivity index (χ1v) is 5.53. The summed E-state index contributed by atoms with van der Waals surface area (Å²) in [6.07, 6.45) is 6.79. The van der Waals surface area contributed by atoms with Crippen molar-refractivity contribution in [1.82, 2.24) is 4.98 Å². The first kappa shape index (κ1) is 10.4. The van der Waals surface area contributed by atoms with Gasteiger partial charge in [-0.15, -0.1) is 6.58 Å². The molecule has 2 nitrogen and oxygen atoms in total. The van der Waals surface area contributed by atoms with Gasteiger partial charge in [0.25, 0.3) is 5.22 Å². The molecule has 1 aromatic heterocycles. The summed E-state index contributed by atoms with van der Waals surface area (Å²) in [6.45, 7) is 5.83. The van der Waals surface area contributed by atoms with E-state index in [1.807, 2.05) is 6.08 Å². The lowest BCUT2D eigenvalue weighted by Crippen LogP contribution is -1.77. The maximum Gasteiger partial charge on any atom is 0.255 e. The van der Waals surface area contributed by atoms with E-state index in [0.29, 0.717) is 0 Å². The lowest BCUT2D eigenvalue weighted by atomic mass is 10.4. The Labute approximate surface area is 83.4 Å². The highest BCUT2D eigenvalue weighted by molar-refractivity contribution is 7.99. The number of nitrogens with zero attached hydrogens (tertiary/aromatic N) is 1. The number of aromatic nitrogens is 1. The van der Waals surface area contributed by atoms with Crippen molar-refractivity contribution < 1.29 is 4.42 Å². The monoisotopic (exact) mass is 197 g/mol. The fraction of sp³-hybridized carbons (Fsp3) is 0.500. The van der Waals surface area contributed by atoms with Crippen molar-refractivity contribution in [2.24, 2.45) is 0 Å². The van der Waals surface area contributed by atoms with Gasteiger partial charge >= 0.3 is 0 Å². The van der Waals surface area contributed by atoms with Crippen LogP contribution in [0, 0.1) is 0 Å². The zero-order chi connectivity index (χ0) is 9.52. The molecule has 0 radical (unpaired) electrons. The molecule has 13 heavy (non-hydrogen) atoms. The van der Waals surface area contributed by atoms with Crippen LogP contribution < -0.4 is 0 Å². The molecule has 0 bridgehead atoms. The molecule has 0 atom stereocenters. The quantitative estimate of drug-likeness (QED) is 0.397. The van der Waals surface area contributed by atoms with Crippen molar-refractivity contribution in [3.63, 3.8) is 0 Å². The molecule has 1 rings (SSSR count). The minimum Gasteiger partial charge on any atom is -0.436 e. The predicted molar refractivity (Wildman–Crippen MR) is 56.0 cm³/mol. The first-order valence-electron chi connectivity index (χ1n) is 4.55. The Morgan fingerprint density at radius 3 is 3.23 bits per heavy atom. The van der Waals surface area contributed by atoms with Gasteiger partial charge < -0.3 is 4.42 Å². The summed E-state index contributed by atoms with van der Waals surface area (Å²) in [5.41, 5.74) is 0. The van der Waals surface area contributed by atoms with E-state index in [9.17, 15) is 0 Å². The van der Waals surface area contributed by atoms with E-state index >= 15 is 0 Å². The zero-order valence-corrected chi connectivity index (χ0v) is 8.77. The van der Waals surface area contributed by atoms with E-state index < -0.39 is 0 Å². The molecule has 1 heterocycles. The highest BCUT2D eigenvalue weighted by atomic mass is 32.2. The molecule has 0 saturated heterocycles. The van der Waals surface area contributed by atoms with Gasteiger partial charge in [0.15, 0.2) is 0 Å². The molecule has 0 aliphatic carbocycles. The molecule has 0 aromatic carbocycles. The number of oxazole rings is 1. The van der Waals surface area contributed by atoms with Crippen LogP contribution in [0.2, 0.25) is 0 Å². The summed E-state index contributed by atoms with van der Waals surface area (Å²) >= 11 is 1.68. The van der Waals surface area contributed by atoms with E-state index in [1.54, 1.807) is 18.0 Å². The third-order valence-electron chi connectivity index (χ3n) is 1.60. The number of thioether (sulfide) groups is 1. The molecular formula is C10H15NOS. The molecule has 0 aliphatic rings. The summed E-state index contributed by atoms with van der Waals surface area (Å²) in [4.78, 5) is 4.16. The van der Waals surface area contributed by atoms with Crippen LogP contribution in [-0.4, -0.2) is 10.7 Å². The maximum atomic E-state index is 5.45. The average molecular weight is 197 g/mol. The molecule has 72 valence electrons. The lowest BCUT2D eigenvalue weighted by Gasteiger charge is -1.93. The third kappa shape index (κ3) is 3.68. The molecule has 1 aromatic rings. The second kappa shape index (κ2) is 5.86. The van der Waals surface area contributed by atoms with Crippen LogP contribution in [0.4, 0.5) is 0 Å². The van der Waals surface area contributed by atoms with Gasteiger partial charge in [-0.05, 0) is 6.42 Å². The van der Waals surface area contributed by atoms with E-state index in [4.69, 9.17) is 4.42 Å². The van der Waals surface area contributed by atoms with Crippen molar-refractivity contribution in [3.8, 4) is 0 Å². The summed E-state index contributed by atoms with van der Waals surface area (Å²) in [5, 5.41) is 0.783. The normalized spacial score (nSPS) is 10.2. The Kier molecular flexibility index (Phi) is 4.68. The van der Waals surface area contributed by atoms with Crippen LogP contribution in [0.25, 0.3) is 0 Å². The van der Waals surface area contributed by atoms with Crippen molar-refractivity contribution >= 4 is 11.8 Å². The van der Waals surface area contributed by atoms with E-state index in [-0.39, 0.29) is 0 Å². The van der Waals surface area contributed by atoms with Gasteiger partial charge in [0, 0.05) is 12.2 Å². The standard InChI is InChI=1S/C10H15NOS/c1-3-5-7-13-10-11-8-9(12-10)6-4-2/h4,8H,2-3,5-7H2,1H3. The van der Waals surface area contributed by atoms with Gasteiger partial charge in [0.1, 0.15) is 5.76 Å². The second-order valence-corrected chi connectivity index (χ2v) is 3.83. The number of hydrogen-bond donors (Lipinski definition) is 0. The van der Waals surface area contributed by atoms with Crippen molar-refractivity contribution in [3.05, 3.63) is 24.6 Å². The Balaban J connectivity index is 2.35. The highest BCUT2D eigenvalue weighted by Crippen LogP contribution is 2.19. The molecule has 0 N–H and O–H groups in total. The largest absolute Gasteiger partial charge is 0.436 e. The minimum atomic E-state index is 0.765. The van der Waals surface area contributed by atoms with Crippen LogP contribution in [0.15, 0.2) is 28.5 Å². The second-order valence-electron chi connectivity index (χ2n) is 2.79. The highest BCUT2D eigenvalue weighted by Gasteiger charge is 2.01. The van der Waals surface area contributed by atoms with Gasteiger partial charge in [0.05, 0.1) is 6.20 Å². The van der Waals surface area contributed by atoms with Crippen molar-refractivity contribution in [1.29, 1.82) is 0 Å². The van der Waals surface area contributed by atoms with Gasteiger partial charge in [-0.2, -0.15) is 0 Å². The average Bonchev–Trinajstić information content (AvgIpc) is 2.54. The molecule has 0 saturated carbocycles. The molecule has 0 amide bonds. The van der Waals surface area contributed by atoms with Crippen LogP contribution in [0.5, 0.6) is 0 Å². The molecule has 0 spiro atoms. The number of rotatable bonds is 6. The Bertz CT molecular complexity index is 257. The topological polar surface area (TPSA) is 26.0 Å². The molecule has 0 aliphatic heterocycles. The first-order chi connectivity index (χ1) is 6.36. The maximum absolute atomic E-state index is 5.45. The summed E-state index contributed by atoms with van der Waals surface area (Å²) < 4.78 is 5.45. The van der Waals surface area contributed by atoms with Crippen molar-refractivity contribution in [2.45, 2.75) is 31.4 Å². The molecular weight excluding hydrogens is 182 g/mol. The summed E-state index contributed by atoms with van der Waals surface area (Å²) in [7, 11) is 0. The minimum absolute atomic E-state index is 0.765. The molecule has 0 fully saturated rings. The number of allylic oxidation sites excluding steroid dienone is 1. The number of hydrogen-bond acceptors (Lipinski definition) is 3. The van der Waals surface area contributed by atoms with E-state index in [1.165, 1.54) is 12.8 Å².